The highest BCUT2D eigenvalue weighted by molar-refractivity contribution is 5.99. The number of hydrogen-bond acceptors (Lipinski definition) is 2. The highest BCUT2D eigenvalue weighted by Gasteiger charge is 2.04. The maximum absolute atomic E-state index is 11.0. The molecular weight excluding hydrogens is 166 g/mol. The number of hydrogen-bond donors (Lipinski definition) is 2. The van der Waals surface area contributed by atoms with Gasteiger partial charge in [0.15, 0.2) is 11.7 Å². The van der Waals surface area contributed by atoms with Crippen LogP contribution in [0.4, 0.5) is 0 Å². The maximum Gasteiger partial charge on any atom is 0.196 e. The molecule has 0 spiro atoms. The van der Waals surface area contributed by atoms with Gasteiger partial charge in [-0.15, -0.1) is 0 Å². The quantitative estimate of drug-likeness (QED) is 0.652. The van der Waals surface area contributed by atoms with Gasteiger partial charge >= 0.3 is 0 Å². The first kappa shape index (κ1) is 7.86. The van der Waals surface area contributed by atoms with Gasteiger partial charge in [-0.3, -0.25) is 4.79 Å². The predicted octanol–water partition coefficient (Wildman–Crippen LogP) is 2.08. The summed E-state index contributed by atoms with van der Waals surface area (Å²) in [5.74, 6) is 0.174. The Bertz CT molecular complexity index is 471. The molecule has 0 aliphatic rings. The number of fused-ring (bicyclic) bond motifs is 1. The molecule has 2 N–H and O–H groups in total. The van der Waals surface area contributed by atoms with Crippen molar-refractivity contribution in [1.82, 2.24) is 4.98 Å². The van der Waals surface area contributed by atoms with Gasteiger partial charge in [-0.1, -0.05) is 6.07 Å². The lowest BCUT2D eigenvalue weighted by Crippen LogP contribution is -1.89. The first-order chi connectivity index (χ1) is 6.18. The van der Waals surface area contributed by atoms with Gasteiger partial charge < -0.3 is 10.1 Å². The molecule has 3 heteroatoms. The average Bonchev–Trinajstić information content (AvgIpc) is 2.47. The van der Waals surface area contributed by atoms with Crippen LogP contribution in [-0.2, 0) is 0 Å². The SMILES string of the molecule is CC(=O)c1ccc2c(O)[nH]cc2c1. The number of ketones is 1. The van der Waals surface area contributed by atoms with Crippen LogP contribution in [0.3, 0.4) is 0 Å². The molecule has 13 heavy (non-hydrogen) atoms. The predicted molar refractivity (Wildman–Crippen MR) is 50.0 cm³/mol. The molecule has 0 saturated heterocycles. The third-order valence-corrected chi connectivity index (χ3v) is 2.08. The highest BCUT2D eigenvalue weighted by atomic mass is 16.3. The minimum absolute atomic E-state index is 0.0302. The summed E-state index contributed by atoms with van der Waals surface area (Å²) < 4.78 is 0. The fraction of sp³-hybridized carbons (Fsp3) is 0.100. The lowest BCUT2D eigenvalue weighted by Gasteiger charge is -1.94. The summed E-state index contributed by atoms with van der Waals surface area (Å²) in [4.78, 5) is 13.7. The maximum atomic E-state index is 11.0. The molecule has 0 atom stereocenters. The molecule has 3 nitrogen and oxygen atoms in total. The smallest absolute Gasteiger partial charge is 0.196 e. The van der Waals surface area contributed by atoms with Crippen molar-refractivity contribution < 1.29 is 9.90 Å². The molecule has 0 radical (unpaired) electrons. The van der Waals surface area contributed by atoms with Gasteiger partial charge in [-0.2, -0.15) is 0 Å². The van der Waals surface area contributed by atoms with Crippen molar-refractivity contribution in [1.29, 1.82) is 0 Å². The van der Waals surface area contributed by atoms with E-state index < -0.39 is 0 Å². The summed E-state index contributed by atoms with van der Waals surface area (Å²) >= 11 is 0. The molecule has 0 saturated carbocycles. The van der Waals surface area contributed by atoms with Gasteiger partial charge in [0.1, 0.15) is 0 Å². The summed E-state index contributed by atoms with van der Waals surface area (Å²) in [6, 6.07) is 5.20. The first-order valence-electron chi connectivity index (χ1n) is 3.99. The Balaban J connectivity index is 2.70. The van der Waals surface area contributed by atoms with Crippen molar-refractivity contribution in [2.24, 2.45) is 0 Å². The number of H-pyrrole nitrogens is 1. The minimum atomic E-state index is 0.0302. The minimum Gasteiger partial charge on any atom is -0.494 e. The number of carbonyl (C=O) groups excluding carboxylic acids is 1. The van der Waals surface area contributed by atoms with Crippen LogP contribution in [0.1, 0.15) is 17.3 Å². The molecule has 0 bridgehead atoms. The number of benzene rings is 1. The molecule has 0 unspecified atom stereocenters. The van der Waals surface area contributed by atoms with Crippen LogP contribution in [-0.4, -0.2) is 15.9 Å². The van der Waals surface area contributed by atoms with Crippen molar-refractivity contribution >= 4 is 16.6 Å². The number of aromatic amines is 1. The van der Waals surface area contributed by atoms with Crippen LogP contribution in [0.2, 0.25) is 0 Å². The van der Waals surface area contributed by atoms with Crippen LogP contribution < -0.4 is 0 Å². The van der Waals surface area contributed by atoms with E-state index in [2.05, 4.69) is 4.98 Å². The zero-order valence-electron chi connectivity index (χ0n) is 7.16. The Labute approximate surface area is 75.0 Å². The van der Waals surface area contributed by atoms with Gasteiger partial charge in [0.05, 0.1) is 0 Å². The van der Waals surface area contributed by atoms with Gasteiger partial charge in [0.25, 0.3) is 0 Å². The molecule has 2 rings (SSSR count). The fourth-order valence-corrected chi connectivity index (χ4v) is 1.34. The van der Waals surface area contributed by atoms with E-state index in [4.69, 9.17) is 0 Å². The lowest BCUT2D eigenvalue weighted by molar-refractivity contribution is 0.101. The Kier molecular flexibility index (Phi) is 1.59. The van der Waals surface area contributed by atoms with Crippen molar-refractivity contribution in [3.8, 4) is 5.88 Å². The normalized spacial score (nSPS) is 10.5. The highest BCUT2D eigenvalue weighted by Crippen LogP contribution is 2.24. The molecule has 1 aromatic heterocycles. The zero-order chi connectivity index (χ0) is 9.42. The summed E-state index contributed by atoms with van der Waals surface area (Å²) in [7, 11) is 0. The number of aromatic nitrogens is 1. The third kappa shape index (κ3) is 1.18. The largest absolute Gasteiger partial charge is 0.494 e. The molecule has 0 aliphatic carbocycles. The zero-order valence-corrected chi connectivity index (χ0v) is 7.16. The Morgan fingerprint density at radius 3 is 2.92 bits per heavy atom. The number of aromatic hydroxyl groups is 1. The fourth-order valence-electron chi connectivity index (χ4n) is 1.34. The van der Waals surface area contributed by atoms with E-state index >= 15 is 0 Å². The number of rotatable bonds is 1. The standard InChI is InChI=1S/C10H9NO2/c1-6(12)7-2-3-9-8(4-7)5-11-10(9)13/h2-5,11,13H,1H3. The molecule has 2 aromatic rings. The van der Waals surface area contributed by atoms with Crippen molar-refractivity contribution in [3.63, 3.8) is 0 Å². The van der Waals surface area contributed by atoms with E-state index in [-0.39, 0.29) is 11.7 Å². The molecule has 0 fully saturated rings. The first-order valence-corrected chi connectivity index (χ1v) is 3.99. The third-order valence-electron chi connectivity index (χ3n) is 2.08. The van der Waals surface area contributed by atoms with E-state index in [9.17, 15) is 9.90 Å². The number of Topliss-reactive ketones (excluding diaryl/α,β-unsaturated/α-hetero) is 1. The van der Waals surface area contributed by atoms with Crippen LogP contribution in [0.15, 0.2) is 24.4 Å². The van der Waals surface area contributed by atoms with Gasteiger partial charge in [0.2, 0.25) is 0 Å². The molecule has 1 aromatic carbocycles. The molecule has 0 amide bonds. The van der Waals surface area contributed by atoms with Crippen LogP contribution in [0, 0.1) is 0 Å². The van der Waals surface area contributed by atoms with E-state index in [1.54, 1.807) is 24.4 Å². The Morgan fingerprint density at radius 2 is 2.23 bits per heavy atom. The second-order valence-corrected chi connectivity index (χ2v) is 3.00. The summed E-state index contributed by atoms with van der Waals surface area (Å²) in [5, 5.41) is 10.9. The number of nitrogens with one attached hydrogen (secondary N) is 1. The number of carbonyl (C=O) groups is 1. The summed E-state index contributed by atoms with van der Waals surface area (Å²) in [5.41, 5.74) is 0.659. The monoisotopic (exact) mass is 175 g/mol. The van der Waals surface area contributed by atoms with Gasteiger partial charge in [-0.25, -0.2) is 0 Å². The summed E-state index contributed by atoms with van der Waals surface area (Å²) in [6.45, 7) is 1.52. The molecule has 66 valence electrons. The van der Waals surface area contributed by atoms with E-state index in [1.807, 2.05) is 0 Å². The molecule has 0 aliphatic heterocycles. The van der Waals surface area contributed by atoms with Crippen molar-refractivity contribution in [2.75, 3.05) is 0 Å². The topological polar surface area (TPSA) is 53.1 Å². The second kappa shape index (κ2) is 2.62. The van der Waals surface area contributed by atoms with Crippen LogP contribution in [0.25, 0.3) is 10.8 Å². The van der Waals surface area contributed by atoms with Gasteiger partial charge in [0, 0.05) is 22.5 Å². The van der Waals surface area contributed by atoms with Gasteiger partial charge in [-0.05, 0) is 19.1 Å². The van der Waals surface area contributed by atoms with Crippen LogP contribution in [0.5, 0.6) is 5.88 Å². The molecular formula is C10H9NO2. The van der Waals surface area contributed by atoms with Crippen molar-refractivity contribution in [2.45, 2.75) is 6.92 Å². The average molecular weight is 175 g/mol. The van der Waals surface area contributed by atoms with E-state index in [0.29, 0.717) is 5.56 Å². The lowest BCUT2D eigenvalue weighted by atomic mass is 10.1. The van der Waals surface area contributed by atoms with E-state index in [0.717, 1.165) is 10.8 Å². The molecule has 1 heterocycles. The van der Waals surface area contributed by atoms with Crippen LogP contribution >= 0.6 is 0 Å². The van der Waals surface area contributed by atoms with Crippen molar-refractivity contribution in [3.05, 3.63) is 30.0 Å². The Hall–Kier alpha value is -1.77. The summed E-state index contributed by atoms with van der Waals surface area (Å²) in [6.07, 6.45) is 1.68. The van der Waals surface area contributed by atoms with E-state index in [1.165, 1.54) is 6.92 Å². The Morgan fingerprint density at radius 1 is 1.46 bits per heavy atom. The second-order valence-electron chi connectivity index (χ2n) is 3.00.